The van der Waals surface area contributed by atoms with Gasteiger partial charge in [0.2, 0.25) is 0 Å². The largest absolute Gasteiger partial charge is 0.522 e. The lowest BCUT2D eigenvalue weighted by atomic mass is 10.0. The molecular formula is C20H24F3N5O3. The number of nitrogens with one attached hydrogen (secondary N) is 2. The van der Waals surface area contributed by atoms with Gasteiger partial charge in [0.15, 0.2) is 0 Å². The minimum atomic E-state index is -4.72. The third-order valence-electron chi connectivity index (χ3n) is 4.80. The van der Waals surface area contributed by atoms with Crippen molar-refractivity contribution >= 4 is 23.4 Å². The molecule has 0 radical (unpaired) electrons. The van der Waals surface area contributed by atoms with Gasteiger partial charge in [0, 0.05) is 25.3 Å². The molecule has 168 valence electrons. The Bertz CT molecular complexity index is 939. The maximum atomic E-state index is 12.5. The van der Waals surface area contributed by atoms with Gasteiger partial charge in [0.1, 0.15) is 11.6 Å². The van der Waals surface area contributed by atoms with Crippen LogP contribution in [0.25, 0.3) is 11.1 Å². The molecule has 0 saturated carbocycles. The predicted octanol–water partition coefficient (Wildman–Crippen LogP) is 3.19. The highest BCUT2D eigenvalue weighted by Gasteiger charge is 2.37. The van der Waals surface area contributed by atoms with E-state index in [0.29, 0.717) is 23.9 Å². The van der Waals surface area contributed by atoms with Crippen LogP contribution in [0.1, 0.15) is 12.0 Å². The number of hydrogen-bond acceptors (Lipinski definition) is 6. The van der Waals surface area contributed by atoms with Gasteiger partial charge in [-0.3, -0.25) is 4.74 Å². The summed E-state index contributed by atoms with van der Waals surface area (Å²) < 4.78 is 41.2. The number of rotatable bonds is 6. The second-order valence-electron chi connectivity index (χ2n) is 7.20. The number of alkyl halides is 3. The number of nitrogens with two attached hydrogens (primary N) is 1. The molecule has 0 bridgehead atoms. The summed E-state index contributed by atoms with van der Waals surface area (Å²) in [6.07, 6.45) is -5.67. The Kier molecular flexibility index (Phi) is 6.86. The number of benzene rings is 1. The summed E-state index contributed by atoms with van der Waals surface area (Å²) >= 11 is 0. The monoisotopic (exact) mass is 439 g/mol. The molecule has 5 N–H and O–H groups in total. The zero-order chi connectivity index (χ0) is 22.6. The standard InChI is InChI=1S/C20H24F3N5O3/c1-12-2-3-14(26-19(30)28-6-4-15(11-28)31-20(21,22)23)10-16(12)13-8-17(24)27-18(9-13)25-5-7-29/h2-3,8-10,15,29H,4-7,11H2,1H3,(H,26,30)(H3,24,25,27)/t15-/m1/s1. The Morgan fingerprint density at radius 2 is 2.13 bits per heavy atom. The van der Waals surface area contributed by atoms with Crippen molar-refractivity contribution < 1.29 is 27.8 Å². The van der Waals surface area contributed by atoms with Gasteiger partial charge in [-0.25, -0.2) is 9.78 Å². The van der Waals surface area contributed by atoms with Crippen LogP contribution in [0.2, 0.25) is 0 Å². The summed E-state index contributed by atoms with van der Waals surface area (Å²) in [7, 11) is 0. The molecule has 11 heteroatoms. The quantitative estimate of drug-likeness (QED) is 0.550. The molecular weight excluding hydrogens is 415 g/mol. The van der Waals surface area contributed by atoms with Gasteiger partial charge in [-0.1, -0.05) is 6.07 Å². The van der Waals surface area contributed by atoms with Gasteiger partial charge >= 0.3 is 12.4 Å². The zero-order valence-electron chi connectivity index (χ0n) is 16.9. The molecule has 1 aliphatic rings. The van der Waals surface area contributed by atoms with Crippen molar-refractivity contribution in [1.82, 2.24) is 9.88 Å². The Hall–Kier alpha value is -3.05. The lowest BCUT2D eigenvalue weighted by molar-refractivity contribution is -0.340. The van der Waals surface area contributed by atoms with Gasteiger partial charge in [-0.15, -0.1) is 13.2 Å². The molecule has 1 aliphatic heterocycles. The average molecular weight is 439 g/mol. The predicted molar refractivity (Wildman–Crippen MR) is 111 cm³/mol. The maximum Gasteiger partial charge on any atom is 0.522 e. The Morgan fingerprint density at radius 3 is 2.84 bits per heavy atom. The fraction of sp³-hybridized carbons (Fsp3) is 0.400. The van der Waals surface area contributed by atoms with Gasteiger partial charge in [-0.2, -0.15) is 0 Å². The molecule has 31 heavy (non-hydrogen) atoms. The molecule has 8 nitrogen and oxygen atoms in total. The highest BCUT2D eigenvalue weighted by atomic mass is 19.4. The number of ether oxygens (including phenoxy) is 1. The number of anilines is 3. The topological polar surface area (TPSA) is 113 Å². The molecule has 2 amide bonds. The van der Waals surface area contributed by atoms with Crippen molar-refractivity contribution in [3.8, 4) is 11.1 Å². The highest BCUT2D eigenvalue weighted by molar-refractivity contribution is 5.91. The number of urea groups is 1. The van der Waals surface area contributed by atoms with Crippen LogP contribution in [0.4, 0.5) is 35.3 Å². The van der Waals surface area contributed by atoms with E-state index in [0.717, 1.165) is 16.7 Å². The van der Waals surface area contributed by atoms with Crippen LogP contribution in [0.15, 0.2) is 30.3 Å². The second-order valence-corrected chi connectivity index (χ2v) is 7.20. The number of aliphatic hydroxyl groups is 1. The van der Waals surface area contributed by atoms with Gasteiger partial charge in [0.25, 0.3) is 0 Å². The van der Waals surface area contributed by atoms with Crippen molar-refractivity contribution in [1.29, 1.82) is 0 Å². The van der Waals surface area contributed by atoms with Crippen LogP contribution < -0.4 is 16.4 Å². The molecule has 1 aromatic heterocycles. The van der Waals surface area contributed by atoms with Gasteiger partial charge < -0.3 is 26.4 Å². The van der Waals surface area contributed by atoms with E-state index in [1.54, 1.807) is 24.3 Å². The van der Waals surface area contributed by atoms with E-state index in [4.69, 9.17) is 10.8 Å². The minimum absolute atomic E-state index is 0.0578. The molecule has 0 spiro atoms. The molecule has 0 aliphatic carbocycles. The lowest BCUT2D eigenvalue weighted by Gasteiger charge is -2.19. The average Bonchev–Trinajstić information content (AvgIpc) is 3.14. The smallest absolute Gasteiger partial charge is 0.395 e. The van der Waals surface area contributed by atoms with E-state index in [-0.39, 0.29) is 26.1 Å². The number of aliphatic hydroxyl groups excluding tert-OH is 1. The minimum Gasteiger partial charge on any atom is -0.395 e. The molecule has 1 aromatic carbocycles. The molecule has 0 unspecified atom stereocenters. The zero-order valence-corrected chi connectivity index (χ0v) is 16.9. The fourth-order valence-electron chi connectivity index (χ4n) is 3.39. The number of nitrogen functional groups attached to an aromatic ring is 1. The number of likely N-dealkylation sites (tertiary alicyclic amines) is 1. The number of pyridine rings is 1. The Labute approximate surface area is 177 Å². The number of nitrogens with zero attached hydrogens (tertiary/aromatic N) is 2. The van der Waals surface area contributed by atoms with Crippen molar-refractivity contribution in [2.45, 2.75) is 25.8 Å². The van der Waals surface area contributed by atoms with Crippen LogP contribution in [0, 0.1) is 6.92 Å². The number of carbonyl (C=O) groups is 1. The fourth-order valence-corrected chi connectivity index (χ4v) is 3.39. The van der Waals surface area contributed by atoms with Crippen molar-refractivity contribution in [2.75, 3.05) is 42.6 Å². The van der Waals surface area contributed by atoms with Crippen molar-refractivity contribution in [3.63, 3.8) is 0 Å². The maximum absolute atomic E-state index is 12.5. The van der Waals surface area contributed by atoms with Crippen LogP contribution in [0.5, 0.6) is 0 Å². The summed E-state index contributed by atoms with van der Waals surface area (Å²) in [5, 5.41) is 14.7. The number of aryl methyl sites for hydroxylation is 1. The third kappa shape index (κ3) is 6.22. The molecule has 2 heterocycles. The summed E-state index contributed by atoms with van der Waals surface area (Å²) in [5.74, 6) is 0.796. The van der Waals surface area contributed by atoms with E-state index in [9.17, 15) is 18.0 Å². The van der Waals surface area contributed by atoms with E-state index in [1.165, 1.54) is 4.90 Å². The number of amides is 2. The van der Waals surface area contributed by atoms with Crippen LogP contribution in [-0.2, 0) is 4.74 Å². The molecule has 1 fully saturated rings. The summed E-state index contributed by atoms with van der Waals surface area (Å²) in [6, 6.07) is 8.27. The van der Waals surface area contributed by atoms with Gasteiger partial charge in [-0.05, 0) is 54.3 Å². The first-order chi connectivity index (χ1) is 14.6. The van der Waals surface area contributed by atoms with Crippen LogP contribution in [0.3, 0.4) is 0 Å². The normalized spacial score (nSPS) is 16.4. The van der Waals surface area contributed by atoms with Crippen LogP contribution >= 0.6 is 0 Å². The first-order valence-electron chi connectivity index (χ1n) is 9.68. The Balaban J connectivity index is 1.73. The SMILES string of the molecule is Cc1ccc(NC(=O)N2CC[C@@H](OC(F)(F)F)C2)cc1-c1cc(N)nc(NCCO)c1. The van der Waals surface area contributed by atoms with E-state index < -0.39 is 18.5 Å². The first kappa shape index (κ1) is 22.6. The second kappa shape index (κ2) is 9.40. The van der Waals surface area contributed by atoms with Crippen LogP contribution in [-0.4, -0.2) is 59.7 Å². The van der Waals surface area contributed by atoms with Crippen molar-refractivity contribution in [3.05, 3.63) is 35.9 Å². The van der Waals surface area contributed by atoms with E-state index in [2.05, 4.69) is 20.4 Å². The number of hydrogen-bond donors (Lipinski definition) is 4. The number of aromatic nitrogens is 1. The Morgan fingerprint density at radius 1 is 1.35 bits per heavy atom. The molecule has 3 rings (SSSR count). The summed E-state index contributed by atoms with van der Waals surface area (Å²) in [4.78, 5) is 18.0. The molecule has 2 aromatic rings. The summed E-state index contributed by atoms with van der Waals surface area (Å²) in [5.41, 5.74) is 8.88. The third-order valence-corrected chi connectivity index (χ3v) is 4.80. The van der Waals surface area contributed by atoms with E-state index >= 15 is 0 Å². The van der Waals surface area contributed by atoms with Crippen molar-refractivity contribution in [2.24, 2.45) is 0 Å². The summed E-state index contributed by atoms with van der Waals surface area (Å²) in [6.45, 7) is 2.20. The highest BCUT2D eigenvalue weighted by Crippen LogP contribution is 2.30. The number of carbonyl (C=O) groups excluding carboxylic acids is 1. The molecule has 1 atom stereocenters. The first-order valence-corrected chi connectivity index (χ1v) is 9.68. The lowest BCUT2D eigenvalue weighted by Crippen LogP contribution is -2.35. The van der Waals surface area contributed by atoms with Gasteiger partial charge in [0.05, 0.1) is 12.7 Å². The number of halogens is 3. The molecule has 1 saturated heterocycles. The van der Waals surface area contributed by atoms with E-state index in [1.807, 2.05) is 13.0 Å².